The van der Waals surface area contributed by atoms with E-state index >= 15 is 0 Å². The number of ether oxygens (including phenoxy) is 2. The SMILES string of the molecule is CC[C@H](C)C([C@@H](CC(=O)N1CCC[C@H]1C(OC)[C@@H](C)C(=O)N[C@H](Cc1ccccc1)c1nccs1)OC)[NH+](C)[C@H](C(=O)NC(=O)[C@H]([C@@H](C)CC)[NH+](C)C)C(C)C. The van der Waals surface area contributed by atoms with Crippen LogP contribution in [0.1, 0.15) is 97.2 Å². The van der Waals surface area contributed by atoms with Gasteiger partial charge in [0.1, 0.15) is 17.2 Å². The fourth-order valence-electron chi connectivity index (χ4n) is 8.90. The normalized spacial score (nSPS) is 20.0. The van der Waals surface area contributed by atoms with Crippen LogP contribution in [0.4, 0.5) is 0 Å². The number of quaternary nitrogens is 2. The van der Waals surface area contributed by atoms with Gasteiger partial charge in [0.05, 0.1) is 51.7 Å². The molecule has 1 aliphatic rings. The minimum absolute atomic E-state index is 0.0640. The first-order valence-electron chi connectivity index (χ1n) is 20.7. The van der Waals surface area contributed by atoms with Gasteiger partial charge in [0.25, 0.3) is 11.8 Å². The van der Waals surface area contributed by atoms with Gasteiger partial charge >= 0.3 is 0 Å². The molecule has 12 nitrogen and oxygen atoms in total. The number of likely N-dealkylation sites (N-methyl/N-ethyl adjacent to an activating group) is 2. The van der Waals surface area contributed by atoms with Crippen molar-refractivity contribution in [3.8, 4) is 0 Å². The zero-order chi connectivity index (χ0) is 41.7. The van der Waals surface area contributed by atoms with Crippen molar-refractivity contribution in [3.63, 3.8) is 0 Å². The van der Waals surface area contributed by atoms with Crippen molar-refractivity contribution in [1.82, 2.24) is 20.5 Å². The topological polar surface area (TPSA) is 136 Å². The number of carbonyl (C=O) groups excluding carboxylic acids is 4. The highest BCUT2D eigenvalue weighted by atomic mass is 32.1. The standard InChI is InChI=1S/C43H70N6O6S/c1-13-28(5)37(48(10)36(27(3)4)41(52)46-42(53)38(47(8)9)29(6)14-2)34(54-11)26-35(50)49-23-18-21-33(49)39(55-12)30(7)40(51)45-32(43-44-22-24-56-43)25-31-19-16-15-17-20-31/h15-17,19-20,22,24,27-30,32-34,36-39H,13-14,18,21,23,25-26H2,1-12H3,(H,45,51)(H,46,52,53)/p+2/t28-,29-,30+,32+,33-,34+,36-,37?,38-,39?/m0/s1. The molecular formula is C43H72N6O6S+2. The van der Waals surface area contributed by atoms with Gasteiger partial charge in [-0.05, 0) is 37.7 Å². The Morgan fingerprint density at radius 2 is 1.55 bits per heavy atom. The third-order valence-electron chi connectivity index (χ3n) is 12.2. The van der Waals surface area contributed by atoms with Gasteiger partial charge in [0.15, 0.2) is 12.1 Å². The van der Waals surface area contributed by atoms with E-state index in [1.165, 1.54) is 11.3 Å². The molecule has 0 aliphatic carbocycles. The summed E-state index contributed by atoms with van der Waals surface area (Å²) in [7, 11) is 9.12. The molecule has 2 heterocycles. The van der Waals surface area contributed by atoms with Gasteiger partial charge in [-0.1, -0.05) is 78.8 Å². The minimum atomic E-state index is -0.549. The Kier molecular flexibility index (Phi) is 19.1. The number of thiazole rings is 1. The Morgan fingerprint density at radius 3 is 2.09 bits per heavy atom. The van der Waals surface area contributed by atoms with Crippen LogP contribution in [-0.2, 0) is 35.1 Å². The molecule has 1 fully saturated rings. The molecule has 1 saturated heterocycles. The molecule has 0 bridgehead atoms. The van der Waals surface area contributed by atoms with Crippen molar-refractivity contribution in [3.05, 3.63) is 52.5 Å². The van der Waals surface area contributed by atoms with Gasteiger partial charge < -0.3 is 29.5 Å². The van der Waals surface area contributed by atoms with Crippen molar-refractivity contribution in [2.24, 2.45) is 23.7 Å². The maximum absolute atomic E-state index is 14.4. The van der Waals surface area contributed by atoms with E-state index in [2.05, 4.69) is 36.4 Å². The van der Waals surface area contributed by atoms with Crippen LogP contribution in [-0.4, -0.2) is 112 Å². The molecule has 4 N–H and O–H groups in total. The molecule has 56 heavy (non-hydrogen) atoms. The Morgan fingerprint density at radius 1 is 0.911 bits per heavy atom. The smallest absolute Gasteiger partial charge is 0.285 e. The highest BCUT2D eigenvalue weighted by molar-refractivity contribution is 7.09. The van der Waals surface area contributed by atoms with E-state index in [-0.39, 0.29) is 72.0 Å². The summed E-state index contributed by atoms with van der Waals surface area (Å²) in [6, 6.07) is 8.34. The number of aromatic nitrogens is 1. The molecule has 13 heteroatoms. The lowest BCUT2D eigenvalue weighted by Gasteiger charge is -2.40. The molecule has 0 saturated carbocycles. The summed E-state index contributed by atoms with van der Waals surface area (Å²) in [5.74, 6) is -1.19. The van der Waals surface area contributed by atoms with Crippen LogP contribution < -0.4 is 20.4 Å². The zero-order valence-corrected chi connectivity index (χ0v) is 36.9. The largest absolute Gasteiger partial charge is 0.378 e. The van der Waals surface area contributed by atoms with Gasteiger partial charge in [-0.2, -0.15) is 0 Å². The van der Waals surface area contributed by atoms with Crippen molar-refractivity contribution in [2.75, 3.05) is 41.9 Å². The van der Waals surface area contributed by atoms with Crippen LogP contribution in [0.25, 0.3) is 0 Å². The first kappa shape index (κ1) is 47.1. The first-order valence-corrected chi connectivity index (χ1v) is 21.6. The molecule has 2 aromatic rings. The Bertz CT molecular complexity index is 1510. The van der Waals surface area contributed by atoms with Gasteiger partial charge in [-0.3, -0.25) is 24.5 Å². The fraction of sp³-hybridized carbons (Fsp3) is 0.698. The highest BCUT2D eigenvalue weighted by Gasteiger charge is 2.46. The van der Waals surface area contributed by atoms with Crippen molar-refractivity contribution < 1.29 is 38.5 Å². The summed E-state index contributed by atoms with van der Waals surface area (Å²) in [6.45, 7) is 14.8. The van der Waals surface area contributed by atoms with Crippen LogP contribution in [0.3, 0.4) is 0 Å². The molecule has 3 rings (SSSR count). The van der Waals surface area contributed by atoms with Crippen LogP contribution in [0.2, 0.25) is 0 Å². The zero-order valence-electron chi connectivity index (χ0n) is 36.1. The first-order chi connectivity index (χ1) is 26.6. The number of methoxy groups -OCH3 is 2. The van der Waals surface area contributed by atoms with Crippen LogP contribution >= 0.6 is 11.3 Å². The van der Waals surface area contributed by atoms with E-state index in [0.29, 0.717) is 13.0 Å². The molecule has 11 atom stereocenters. The number of nitrogens with one attached hydrogen (secondary N) is 4. The summed E-state index contributed by atoms with van der Waals surface area (Å²) >= 11 is 1.51. The van der Waals surface area contributed by atoms with Crippen molar-refractivity contribution in [2.45, 2.75) is 129 Å². The maximum Gasteiger partial charge on any atom is 0.285 e. The van der Waals surface area contributed by atoms with Crippen LogP contribution in [0.5, 0.6) is 0 Å². The number of rotatable bonds is 22. The number of amides is 4. The highest BCUT2D eigenvalue weighted by Crippen LogP contribution is 2.29. The van der Waals surface area contributed by atoms with Crippen molar-refractivity contribution in [1.29, 1.82) is 0 Å². The van der Waals surface area contributed by atoms with E-state index < -0.39 is 24.2 Å². The van der Waals surface area contributed by atoms with Gasteiger partial charge in [-0.15, -0.1) is 11.3 Å². The second kappa shape index (κ2) is 22.6. The van der Waals surface area contributed by atoms with Crippen molar-refractivity contribution >= 4 is 35.0 Å². The van der Waals surface area contributed by atoms with E-state index in [4.69, 9.17) is 9.47 Å². The number of hydrogen-bond acceptors (Lipinski definition) is 8. The van der Waals surface area contributed by atoms with Gasteiger partial charge in [0, 0.05) is 50.1 Å². The summed E-state index contributed by atoms with van der Waals surface area (Å²) in [6.07, 6.45) is 4.61. The molecule has 4 amide bonds. The number of likely N-dealkylation sites (tertiary alicyclic amines) is 1. The molecule has 314 valence electrons. The number of imide groups is 1. The third-order valence-corrected chi connectivity index (χ3v) is 13.1. The average molecular weight is 801 g/mol. The van der Waals surface area contributed by atoms with E-state index in [1.54, 1.807) is 20.4 Å². The number of hydrogen-bond donors (Lipinski definition) is 4. The lowest BCUT2D eigenvalue weighted by atomic mass is 9.87. The number of benzene rings is 1. The fourth-order valence-corrected chi connectivity index (χ4v) is 9.59. The minimum Gasteiger partial charge on any atom is -0.378 e. The number of nitrogens with zero attached hydrogens (tertiary/aromatic N) is 2. The predicted molar refractivity (Wildman–Crippen MR) is 221 cm³/mol. The lowest BCUT2D eigenvalue weighted by Crippen LogP contribution is -3.20. The molecule has 0 spiro atoms. The second-order valence-corrected chi connectivity index (χ2v) is 17.5. The summed E-state index contributed by atoms with van der Waals surface area (Å²) in [4.78, 5) is 64.1. The number of carbonyl (C=O) groups is 4. The van der Waals surface area contributed by atoms with E-state index in [1.807, 2.05) is 89.4 Å². The molecule has 1 aliphatic heterocycles. The third kappa shape index (κ3) is 12.1. The Balaban J connectivity index is 1.80. The average Bonchev–Trinajstić information content (AvgIpc) is 3.88. The van der Waals surface area contributed by atoms with Crippen LogP contribution in [0, 0.1) is 23.7 Å². The second-order valence-electron chi connectivity index (χ2n) is 16.6. The molecular weight excluding hydrogens is 729 g/mol. The van der Waals surface area contributed by atoms with Gasteiger partial charge in [-0.25, -0.2) is 4.98 Å². The molecule has 3 unspecified atom stereocenters. The quantitative estimate of drug-likeness (QED) is 0.144. The lowest BCUT2D eigenvalue weighted by molar-refractivity contribution is -0.932. The molecule has 1 aromatic heterocycles. The predicted octanol–water partition coefficient (Wildman–Crippen LogP) is 2.75. The Labute approximate surface area is 340 Å². The van der Waals surface area contributed by atoms with E-state index in [0.717, 1.165) is 46.1 Å². The molecule has 1 aromatic carbocycles. The van der Waals surface area contributed by atoms with Crippen LogP contribution in [0.15, 0.2) is 41.9 Å². The summed E-state index contributed by atoms with van der Waals surface area (Å²) < 4.78 is 12.2. The van der Waals surface area contributed by atoms with E-state index in [9.17, 15) is 19.2 Å². The Hall–Kier alpha value is -3.23. The summed E-state index contributed by atoms with van der Waals surface area (Å²) in [5, 5.41) is 8.78. The summed E-state index contributed by atoms with van der Waals surface area (Å²) in [5.41, 5.74) is 1.10. The molecule has 0 radical (unpaired) electrons. The monoisotopic (exact) mass is 801 g/mol. The van der Waals surface area contributed by atoms with Gasteiger partial charge in [0.2, 0.25) is 11.8 Å². The maximum atomic E-state index is 14.4.